The van der Waals surface area contributed by atoms with E-state index in [2.05, 4.69) is 4.99 Å². The molecule has 0 aliphatic carbocycles. The van der Waals surface area contributed by atoms with Crippen LogP contribution in [0.4, 0.5) is 0 Å². The molecule has 246 valence electrons. The van der Waals surface area contributed by atoms with Gasteiger partial charge in [0.15, 0.2) is 27.8 Å². The van der Waals surface area contributed by atoms with E-state index in [1.165, 1.54) is 15.9 Å². The minimum Gasteiger partial charge on any atom is -0.493 e. The molecule has 0 bridgehead atoms. The third kappa shape index (κ3) is 7.20. The maximum absolute atomic E-state index is 14.3. The van der Waals surface area contributed by atoms with Gasteiger partial charge in [0.1, 0.15) is 6.61 Å². The Bertz CT molecular complexity index is 2030. The van der Waals surface area contributed by atoms with Crippen molar-refractivity contribution < 1.29 is 28.5 Å². The lowest BCUT2D eigenvalue weighted by Crippen LogP contribution is -2.40. The molecule has 0 saturated heterocycles. The molecule has 0 N–H and O–H groups in total. The first kappa shape index (κ1) is 34.1. The van der Waals surface area contributed by atoms with Gasteiger partial charge in [-0.25, -0.2) is 9.79 Å². The van der Waals surface area contributed by atoms with Crippen molar-refractivity contribution in [1.29, 1.82) is 0 Å². The van der Waals surface area contributed by atoms with Crippen molar-refractivity contribution in [2.75, 3.05) is 20.8 Å². The summed E-state index contributed by atoms with van der Waals surface area (Å²) >= 11 is 13.7. The van der Waals surface area contributed by atoms with Gasteiger partial charge in [-0.15, -0.1) is 0 Å². The third-order valence-corrected chi connectivity index (χ3v) is 8.86. The van der Waals surface area contributed by atoms with Gasteiger partial charge in [0.2, 0.25) is 0 Å². The number of rotatable bonds is 11. The molecule has 12 heteroatoms. The zero-order chi connectivity index (χ0) is 33.8. The molecule has 47 heavy (non-hydrogen) atoms. The number of carbonyl (C=O) groups is 1. The molecule has 1 aliphatic rings. The average molecular weight is 698 g/mol. The van der Waals surface area contributed by atoms with Crippen LogP contribution >= 0.6 is 34.5 Å². The number of ether oxygens (including phenoxy) is 5. The van der Waals surface area contributed by atoms with E-state index in [1.54, 1.807) is 70.5 Å². The summed E-state index contributed by atoms with van der Waals surface area (Å²) < 4.78 is 30.7. The van der Waals surface area contributed by atoms with Crippen molar-refractivity contribution >= 4 is 46.6 Å². The van der Waals surface area contributed by atoms with Crippen molar-refractivity contribution in [1.82, 2.24) is 4.57 Å². The third-order valence-electron chi connectivity index (χ3n) is 7.29. The number of thiazole rings is 1. The number of fused-ring (bicyclic) bond motifs is 1. The lowest BCUT2D eigenvalue weighted by Gasteiger charge is -2.25. The predicted octanol–water partition coefficient (Wildman–Crippen LogP) is 6.49. The van der Waals surface area contributed by atoms with E-state index < -0.39 is 12.0 Å². The Balaban J connectivity index is 1.65. The van der Waals surface area contributed by atoms with Crippen LogP contribution in [0.2, 0.25) is 10.0 Å². The highest BCUT2D eigenvalue weighted by Crippen LogP contribution is 2.37. The Kier molecular flexibility index (Phi) is 10.6. The predicted molar refractivity (Wildman–Crippen MR) is 183 cm³/mol. The quantitative estimate of drug-likeness (QED) is 0.165. The lowest BCUT2D eigenvalue weighted by molar-refractivity contribution is -0.139. The summed E-state index contributed by atoms with van der Waals surface area (Å²) in [4.78, 5) is 32.7. The molecule has 5 rings (SSSR count). The Morgan fingerprint density at radius 3 is 2.49 bits per heavy atom. The van der Waals surface area contributed by atoms with Crippen LogP contribution in [0.15, 0.2) is 75.7 Å². The van der Waals surface area contributed by atoms with E-state index in [0.717, 1.165) is 5.56 Å². The Labute approximate surface area is 286 Å². The van der Waals surface area contributed by atoms with E-state index in [9.17, 15) is 9.59 Å². The number of nitrogens with zero attached hydrogens (tertiary/aromatic N) is 2. The minimum atomic E-state index is -0.831. The number of para-hydroxylation sites is 1. The fraction of sp³-hybridized carbons (Fsp3) is 0.286. The number of esters is 1. The molecule has 0 amide bonds. The van der Waals surface area contributed by atoms with Crippen LogP contribution < -0.4 is 33.8 Å². The largest absolute Gasteiger partial charge is 0.493 e. The van der Waals surface area contributed by atoms with Gasteiger partial charge >= 0.3 is 5.97 Å². The topological polar surface area (TPSA) is 97.6 Å². The summed E-state index contributed by atoms with van der Waals surface area (Å²) in [7, 11) is 3.08. The molecule has 1 aromatic heterocycles. The molecule has 3 aromatic carbocycles. The van der Waals surface area contributed by atoms with Gasteiger partial charge in [0.25, 0.3) is 5.56 Å². The maximum Gasteiger partial charge on any atom is 0.338 e. The molecule has 0 radical (unpaired) electrons. The Hall–Kier alpha value is -4.25. The zero-order valence-corrected chi connectivity index (χ0v) is 29.1. The molecule has 9 nitrogen and oxygen atoms in total. The van der Waals surface area contributed by atoms with Crippen LogP contribution in [0, 0.1) is 0 Å². The molecule has 0 fully saturated rings. The summed E-state index contributed by atoms with van der Waals surface area (Å²) in [6.45, 7) is 7.60. The van der Waals surface area contributed by atoms with Gasteiger partial charge in [0.05, 0.1) is 48.8 Å². The number of aromatic nitrogens is 1. The van der Waals surface area contributed by atoms with E-state index in [1.807, 2.05) is 32.0 Å². The number of hydrogen-bond donors (Lipinski definition) is 0. The summed E-state index contributed by atoms with van der Waals surface area (Å²) in [6, 6.07) is 15.1. The monoisotopic (exact) mass is 696 g/mol. The van der Waals surface area contributed by atoms with Gasteiger partial charge < -0.3 is 23.7 Å². The smallest absolute Gasteiger partial charge is 0.338 e. The number of allylic oxidation sites excluding steroid dienone is 1. The summed E-state index contributed by atoms with van der Waals surface area (Å²) in [5.41, 5.74) is 2.34. The van der Waals surface area contributed by atoms with Crippen molar-refractivity contribution in [3.63, 3.8) is 0 Å². The zero-order valence-electron chi connectivity index (χ0n) is 26.8. The molecular formula is C35H34Cl2N2O7S. The van der Waals surface area contributed by atoms with Gasteiger partial charge in [-0.3, -0.25) is 9.36 Å². The number of methoxy groups -OCH3 is 2. The van der Waals surface area contributed by atoms with E-state index in [-0.39, 0.29) is 30.5 Å². The second kappa shape index (κ2) is 14.7. The van der Waals surface area contributed by atoms with Crippen LogP contribution in [0.5, 0.6) is 23.0 Å². The molecule has 1 atom stereocenters. The highest BCUT2D eigenvalue weighted by Gasteiger charge is 2.34. The SMILES string of the molecule is CCOC(=O)C1=C(C)N=c2s/c(=C/c3cccc(OC)c3OCc3ccc(Cl)cc3Cl)c(=O)n2[C@H]1c1ccc(OC(C)C)c(OC)c1. The van der Waals surface area contributed by atoms with Crippen molar-refractivity contribution in [3.8, 4) is 23.0 Å². The van der Waals surface area contributed by atoms with Crippen molar-refractivity contribution in [2.24, 2.45) is 4.99 Å². The molecule has 0 unspecified atom stereocenters. The lowest BCUT2D eigenvalue weighted by atomic mass is 9.95. The molecule has 4 aromatic rings. The maximum atomic E-state index is 14.3. The normalized spacial score (nSPS) is 14.5. The highest BCUT2D eigenvalue weighted by atomic mass is 35.5. The Morgan fingerprint density at radius 2 is 1.81 bits per heavy atom. The number of benzene rings is 3. The first-order valence-corrected chi connectivity index (χ1v) is 16.4. The summed E-state index contributed by atoms with van der Waals surface area (Å²) in [6.07, 6.45) is 1.64. The summed E-state index contributed by atoms with van der Waals surface area (Å²) in [5, 5.41) is 0.987. The van der Waals surface area contributed by atoms with Crippen LogP contribution in [-0.4, -0.2) is 37.5 Å². The molecule has 2 heterocycles. The van der Waals surface area contributed by atoms with Gasteiger partial charge in [-0.1, -0.05) is 58.8 Å². The average Bonchev–Trinajstić information content (AvgIpc) is 3.34. The van der Waals surface area contributed by atoms with Crippen LogP contribution in [-0.2, 0) is 16.1 Å². The fourth-order valence-corrected chi connectivity index (χ4v) is 6.70. The van der Waals surface area contributed by atoms with Crippen molar-refractivity contribution in [3.05, 3.63) is 112 Å². The minimum absolute atomic E-state index is 0.0849. The van der Waals surface area contributed by atoms with Gasteiger partial charge in [-0.05, 0) is 69.7 Å². The fourth-order valence-electron chi connectivity index (χ4n) is 5.20. The second-order valence-electron chi connectivity index (χ2n) is 10.8. The Morgan fingerprint density at radius 1 is 1.04 bits per heavy atom. The molecule has 0 spiro atoms. The van der Waals surface area contributed by atoms with Crippen LogP contribution in [0.25, 0.3) is 6.08 Å². The molecular weight excluding hydrogens is 663 g/mol. The van der Waals surface area contributed by atoms with E-state index >= 15 is 0 Å². The standard InChI is InChI=1S/C35H34Cl2N2O7S/c1-7-44-34(41)30-20(4)38-35-39(31(30)21-12-14-26(46-19(2)3)28(15-21)43-6)33(40)29(47-35)16-22-9-8-10-27(42-5)32(22)45-18-23-11-13-24(36)17-25(23)37/h8-17,19,31H,7,18H2,1-6H3/b29-16+/t31-/m0/s1. The second-order valence-corrected chi connectivity index (χ2v) is 12.6. The van der Waals surface area contributed by atoms with Gasteiger partial charge in [0, 0.05) is 21.2 Å². The number of hydrogen-bond acceptors (Lipinski definition) is 9. The van der Waals surface area contributed by atoms with Crippen LogP contribution in [0.3, 0.4) is 0 Å². The molecule has 0 saturated carbocycles. The van der Waals surface area contributed by atoms with E-state index in [0.29, 0.717) is 59.2 Å². The van der Waals surface area contributed by atoms with Gasteiger partial charge in [-0.2, -0.15) is 0 Å². The first-order valence-electron chi connectivity index (χ1n) is 14.8. The van der Waals surface area contributed by atoms with Crippen LogP contribution in [0.1, 0.15) is 50.4 Å². The molecule has 1 aliphatic heterocycles. The summed E-state index contributed by atoms with van der Waals surface area (Å²) in [5.74, 6) is 1.36. The van der Waals surface area contributed by atoms with Crippen molar-refractivity contribution in [2.45, 2.75) is 46.4 Å². The number of halogens is 2. The van der Waals surface area contributed by atoms with E-state index in [4.69, 9.17) is 46.9 Å². The highest BCUT2D eigenvalue weighted by molar-refractivity contribution is 7.07. The number of carbonyl (C=O) groups excluding carboxylic acids is 1. The first-order chi connectivity index (χ1) is 22.6.